The van der Waals surface area contributed by atoms with Crippen molar-refractivity contribution in [1.29, 1.82) is 0 Å². The summed E-state index contributed by atoms with van der Waals surface area (Å²) in [5.41, 5.74) is -2.28. The zero-order valence-electron chi connectivity index (χ0n) is 25.2. The predicted octanol–water partition coefficient (Wildman–Crippen LogP) is 6.50. The summed E-state index contributed by atoms with van der Waals surface area (Å²) in [5, 5.41) is 0. The largest absolute Gasteiger partial charge is 0.485 e. The molecule has 0 saturated carbocycles. The van der Waals surface area contributed by atoms with E-state index in [4.69, 9.17) is 4.74 Å². The quantitative estimate of drug-likeness (QED) is 0.250. The number of ether oxygens (including phenoxy) is 1. The highest BCUT2D eigenvalue weighted by Gasteiger charge is 2.44. The van der Waals surface area contributed by atoms with E-state index in [9.17, 15) is 26.6 Å². The molecule has 1 aromatic heterocycles. The third-order valence-corrected chi connectivity index (χ3v) is 8.31. The molecule has 0 fully saturated rings. The minimum Gasteiger partial charge on any atom is -0.443 e. The van der Waals surface area contributed by atoms with Gasteiger partial charge >= 0.3 is 11.6 Å². The molecule has 0 spiro atoms. The number of nitrogens with zero attached hydrogens (tertiary/aromatic N) is 5. The third-order valence-electron chi connectivity index (χ3n) is 7.16. The van der Waals surface area contributed by atoms with E-state index in [0.717, 1.165) is 20.3 Å². The summed E-state index contributed by atoms with van der Waals surface area (Å²) >= 11 is 0. The average molecular weight is 636 g/mol. The maximum Gasteiger partial charge on any atom is 0.485 e. The van der Waals surface area contributed by atoms with Crippen LogP contribution in [0.2, 0.25) is 0 Å². The fourth-order valence-electron chi connectivity index (χ4n) is 5.09. The molecule has 1 amide bonds. The van der Waals surface area contributed by atoms with E-state index in [1.165, 1.54) is 12.4 Å². The Bertz CT molecular complexity index is 1430. The van der Waals surface area contributed by atoms with E-state index >= 15 is 0 Å². The Morgan fingerprint density at radius 3 is 2.36 bits per heavy atom. The number of carbonyl (C=O) groups is 1. The van der Waals surface area contributed by atoms with Crippen LogP contribution in [-0.4, -0.2) is 61.5 Å². The van der Waals surface area contributed by atoms with E-state index in [2.05, 4.69) is 9.97 Å². The Labute approximate surface area is 257 Å². The lowest BCUT2D eigenvalue weighted by Gasteiger charge is -2.34. The lowest BCUT2D eigenvalue weighted by atomic mass is 10.0. The van der Waals surface area contributed by atoms with Gasteiger partial charge in [0.2, 0.25) is 11.0 Å². The molecule has 0 bridgehead atoms. The van der Waals surface area contributed by atoms with Crippen LogP contribution in [0, 0.1) is 6.92 Å². The standard InChI is InChI=1S/C31H37F4N5O3S/c1-22-9-8-12-27-26(22)20-38(44(42)31(33,34)35)19-24(14-13-23-10-6-5-7-11-23)40(27)21-28-36-17-25(18-37-28)39(16-15-32)29(41)43-30(2,3)4/h5-12,17-18,24H,13-16,19-21H2,1-4H3. The molecular formula is C31H37F4N5O3S. The van der Waals surface area contributed by atoms with Gasteiger partial charge in [-0.3, -0.25) is 4.90 Å². The number of carbonyl (C=O) groups excluding carboxylic acids is 1. The Morgan fingerprint density at radius 2 is 1.75 bits per heavy atom. The van der Waals surface area contributed by atoms with E-state index in [1.54, 1.807) is 20.8 Å². The van der Waals surface area contributed by atoms with Crippen molar-refractivity contribution >= 4 is 28.5 Å². The SMILES string of the molecule is Cc1cccc2c1CN(S(=O)C(F)(F)F)CC(CCc1ccccc1)N2Cc1ncc(N(CCF)C(=O)OC(C)(C)C)cn1. The number of anilines is 2. The lowest BCUT2D eigenvalue weighted by molar-refractivity contribution is -0.0431. The molecule has 238 valence electrons. The topological polar surface area (TPSA) is 78.9 Å². The van der Waals surface area contributed by atoms with Crippen LogP contribution in [0.15, 0.2) is 60.9 Å². The van der Waals surface area contributed by atoms with Crippen molar-refractivity contribution in [3.8, 4) is 0 Å². The molecule has 0 saturated heterocycles. The molecule has 0 N–H and O–H groups in total. The summed E-state index contributed by atoms with van der Waals surface area (Å²) in [5.74, 6) is 0.348. The number of alkyl halides is 4. The van der Waals surface area contributed by atoms with Crippen molar-refractivity contribution in [3.05, 3.63) is 83.4 Å². The lowest BCUT2D eigenvalue weighted by Crippen LogP contribution is -2.44. The molecule has 1 aliphatic rings. The fraction of sp³-hybridized carbons (Fsp3) is 0.452. The highest BCUT2D eigenvalue weighted by atomic mass is 32.2. The summed E-state index contributed by atoms with van der Waals surface area (Å²) in [6.07, 6.45) is 3.14. The molecule has 3 aromatic rings. The summed E-state index contributed by atoms with van der Waals surface area (Å²) in [6, 6.07) is 14.7. The first-order valence-electron chi connectivity index (χ1n) is 14.3. The zero-order chi connectivity index (χ0) is 32.1. The number of halogens is 4. The van der Waals surface area contributed by atoms with Gasteiger partial charge < -0.3 is 9.64 Å². The molecule has 8 nitrogen and oxygen atoms in total. The molecule has 0 radical (unpaired) electrons. The van der Waals surface area contributed by atoms with Gasteiger partial charge in [-0.05, 0) is 63.3 Å². The Balaban J connectivity index is 1.68. The van der Waals surface area contributed by atoms with Crippen LogP contribution in [0.1, 0.15) is 49.7 Å². The van der Waals surface area contributed by atoms with Crippen LogP contribution in [-0.2, 0) is 35.2 Å². The van der Waals surface area contributed by atoms with Gasteiger partial charge in [0.05, 0.1) is 31.2 Å². The van der Waals surface area contributed by atoms with Crippen molar-refractivity contribution in [1.82, 2.24) is 14.3 Å². The van der Waals surface area contributed by atoms with Crippen LogP contribution in [0.4, 0.5) is 33.7 Å². The van der Waals surface area contributed by atoms with E-state index in [-0.39, 0.29) is 31.9 Å². The van der Waals surface area contributed by atoms with Crippen LogP contribution >= 0.6 is 0 Å². The number of benzene rings is 2. The van der Waals surface area contributed by atoms with Gasteiger partial charge in [-0.1, -0.05) is 42.5 Å². The summed E-state index contributed by atoms with van der Waals surface area (Å²) < 4.78 is 73.6. The minimum absolute atomic E-state index is 0.103. The Kier molecular flexibility index (Phi) is 10.6. The van der Waals surface area contributed by atoms with Crippen LogP contribution in [0.25, 0.3) is 0 Å². The molecule has 0 aliphatic carbocycles. The monoisotopic (exact) mass is 635 g/mol. The van der Waals surface area contributed by atoms with Crippen molar-refractivity contribution in [2.45, 2.75) is 70.8 Å². The van der Waals surface area contributed by atoms with Gasteiger partial charge in [-0.25, -0.2) is 27.7 Å². The van der Waals surface area contributed by atoms with Gasteiger partial charge in [0.1, 0.15) is 18.1 Å². The number of amides is 1. The Morgan fingerprint density at radius 1 is 1.07 bits per heavy atom. The van der Waals surface area contributed by atoms with E-state index in [0.29, 0.717) is 29.9 Å². The van der Waals surface area contributed by atoms with Crippen LogP contribution in [0.5, 0.6) is 0 Å². The molecule has 4 rings (SSSR count). The average Bonchev–Trinajstić information content (AvgIpc) is 3.11. The summed E-state index contributed by atoms with van der Waals surface area (Å²) in [4.78, 5) is 24.7. The number of rotatable bonds is 9. The van der Waals surface area contributed by atoms with E-state index in [1.807, 2.05) is 60.4 Å². The van der Waals surface area contributed by atoms with Gasteiger partial charge in [0, 0.05) is 24.8 Å². The van der Waals surface area contributed by atoms with Crippen molar-refractivity contribution < 1.29 is 31.3 Å². The maximum absolute atomic E-state index is 13.7. The van der Waals surface area contributed by atoms with Crippen LogP contribution in [0.3, 0.4) is 0 Å². The number of hydrogen-bond acceptors (Lipinski definition) is 6. The smallest absolute Gasteiger partial charge is 0.443 e. The highest BCUT2D eigenvalue weighted by Crippen LogP contribution is 2.35. The zero-order valence-corrected chi connectivity index (χ0v) is 26.0. The molecule has 2 heterocycles. The first-order valence-corrected chi connectivity index (χ1v) is 15.4. The molecule has 2 atom stereocenters. The van der Waals surface area contributed by atoms with E-state index < -0.39 is 40.9 Å². The minimum atomic E-state index is -4.90. The normalized spacial score (nSPS) is 16.6. The predicted molar refractivity (Wildman–Crippen MR) is 162 cm³/mol. The van der Waals surface area contributed by atoms with Crippen LogP contribution < -0.4 is 9.80 Å². The molecule has 2 aromatic carbocycles. The van der Waals surface area contributed by atoms with Crippen molar-refractivity contribution in [2.24, 2.45) is 0 Å². The Hall–Kier alpha value is -3.58. The fourth-order valence-corrected chi connectivity index (χ4v) is 5.94. The molecule has 1 aliphatic heterocycles. The molecular weight excluding hydrogens is 598 g/mol. The molecule has 44 heavy (non-hydrogen) atoms. The maximum atomic E-state index is 13.7. The van der Waals surface area contributed by atoms with Gasteiger partial charge in [-0.2, -0.15) is 13.2 Å². The first kappa shape index (κ1) is 33.3. The second-order valence-electron chi connectivity index (χ2n) is 11.6. The van der Waals surface area contributed by atoms with Crippen molar-refractivity contribution in [2.75, 3.05) is 29.6 Å². The third kappa shape index (κ3) is 8.53. The molecule has 13 heteroatoms. The second kappa shape index (κ2) is 14.0. The second-order valence-corrected chi connectivity index (χ2v) is 13.1. The van der Waals surface area contributed by atoms with Gasteiger partial charge in [-0.15, -0.1) is 0 Å². The van der Waals surface area contributed by atoms with Gasteiger partial charge in [0.15, 0.2) is 0 Å². The van der Waals surface area contributed by atoms with Gasteiger partial charge in [0.25, 0.3) is 0 Å². The highest BCUT2D eigenvalue weighted by molar-refractivity contribution is 7.83. The number of aromatic nitrogens is 2. The number of hydrogen-bond donors (Lipinski definition) is 0. The summed E-state index contributed by atoms with van der Waals surface area (Å²) in [6.45, 7) is 5.79. The van der Waals surface area contributed by atoms with Crippen molar-refractivity contribution in [3.63, 3.8) is 0 Å². The molecule has 2 unspecified atom stereocenters. The number of aryl methyl sites for hydroxylation is 2. The summed E-state index contributed by atoms with van der Waals surface area (Å²) in [7, 11) is -3.21. The number of fused-ring (bicyclic) bond motifs is 1. The first-order chi connectivity index (χ1) is 20.8.